The molecule has 0 radical (unpaired) electrons. The fourth-order valence-corrected chi connectivity index (χ4v) is 3.22. The zero-order valence-electron chi connectivity index (χ0n) is 10.2. The normalized spacial score (nSPS) is 12.4. The van der Waals surface area contributed by atoms with Crippen LogP contribution in [0.5, 0.6) is 0 Å². The second kappa shape index (κ2) is 7.01. The Morgan fingerprint density at radius 2 is 2.31 bits per heavy atom. The minimum atomic E-state index is 0.441. The molecule has 0 aliphatic rings. The van der Waals surface area contributed by atoms with Crippen LogP contribution in [-0.4, -0.2) is 18.1 Å². The second-order valence-electron chi connectivity index (χ2n) is 3.80. The van der Waals surface area contributed by atoms with Gasteiger partial charge in [-0.2, -0.15) is 0 Å². The monoisotopic (exact) mass is 253 g/mol. The molecule has 1 N–H and O–H groups in total. The van der Waals surface area contributed by atoms with E-state index in [1.54, 1.807) is 11.8 Å². The highest BCUT2D eigenvalue weighted by Crippen LogP contribution is 2.25. The number of rotatable bonds is 6. The van der Waals surface area contributed by atoms with Gasteiger partial charge in [0.15, 0.2) is 0 Å². The zero-order valence-corrected chi connectivity index (χ0v) is 11.8. The summed E-state index contributed by atoms with van der Waals surface area (Å²) in [4.78, 5) is 2.82. The molecule has 0 fully saturated rings. The Bertz CT molecular complexity index is 362. The second-order valence-corrected chi connectivity index (χ2v) is 6.37. The van der Waals surface area contributed by atoms with Crippen LogP contribution >= 0.6 is 23.1 Å². The van der Waals surface area contributed by atoms with E-state index in [4.69, 9.17) is 6.42 Å². The highest BCUT2D eigenvalue weighted by atomic mass is 32.2. The molecule has 1 aromatic rings. The van der Waals surface area contributed by atoms with Crippen molar-refractivity contribution in [1.82, 2.24) is 5.32 Å². The molecule has 88 valence electrons. The maximum atomic E-state index is 5.19. The number of thioether (sulfide) groups is 1. The molecule has 0 aliphatic carbocycles. The maximum absolute atomic E-state index is 5.19. The van der Waals surface area contributed by atoms with Gasteiger partial charge in [0.1, 0.15) is 0 Å². The summed E-state index contributed by atoms with van der Waals surface area (Å²) >= 11 is 3.68. The summed E-state index contributed by atoms with van der Waals surface area (Å²) in [6, 6.07) is 2.73. The van der Waals surface area contributed by atoms with Crippen LogP contribution in [0.15, 0.2) is 6.07 Å². The Morgan fingerprint density at radius 1 is 1.56 bits per heavy atom. The van der Waals surface area contributed by atoms with Gasteiger partial charge >= 0.3 is 0 Å². The summed E-state index contributed by atoms with van der Waals surface area (Å²) in [6.07, 6.45) is 5.19. The van der Waals surface area contributed by atoms with Gasteiger partial charge in [-0.25, -0.2) is 0 Å². The number of hydrogen-bond donors (Lipinski definition) is 1. The summed E-state index contributed by atoms with van der Waals surface area (Å²) in [5.41, 5.74) is 1.43. The number of nitrogens with one attached hydrogen (secondary N) is 1. The Hall–Kier alpha value is -0.430. The highest BCUT2D eigenvalue weighted by molar-refractivity contribution is 7.99. The van der Waals surface area contributed by atoms with E-state index in [0.717, 1.165) is 18.1 Å². The molecule has 1 unspecified atom stereocenters. The van der Waals surface area contributed by atoms with Crippen LogP contribution in [0.25, 0.3) is 0 Å². The van der Waals surface area contributed by atoms with E-state index in [1.165, 1.54) is 15.3 Å². The minimum Gasteiger partial charge on any atom is -0.309 e. The predicted octanol–water partition coefficient (Wildman–Crippen LogP) is 3.38. The zero-order chi connectivity index (χ0) is 12.0. The molecule has 1 nitrogen and oxygen atoms in total. The van der Waals surface area contributed by atoms with Crippen molar-refractivity contribution in [3.05, 3.63) is 21.4 Å². The van der Waals surface area contributed by atoms with Crippen molar-refractivity contribution in [3.8, 4) is 12.3 Å². The molecular formula is C13H19NS2. The average molecular weight is 253 g/mol. The summed E-state index contributed by atoms with van der Waals surface area (Å²) in [5.74, 6) is 4.53. The van der Waals surface area contributed by atoms with Crippen molar-refractivity contribution in [2.75, 3.05) is 18.1 Å². The molecular weight excluding hydrogens is 234 g/mol. The molecule has 0 saturated heterocycles. The molecule has 0 spiro atoms. The lowest BCUT2D eigenvalue weighted by Crippen LogP contribution is -2.21. The molecule has 0 aliphatic heterocycles. The van der Waals surface area contributed by atoms with Crippen molar-refractivity contribution in [1.29, 1.82) is 0 Å². The number of hydrogen-bond acceptors (Lipinski definition) is 3. The first-order valence-electron chi connectivity index (χ1n) is 5.46. The van der Waals surface area contributed by atoms with Gasteiger partial charge in [-0.05, 0) is 32.4 Å². The Morgan fingerprint density at radius 3 is 2.88 bits per heavy atom. The lowest BCUT2D eigenvalue weighted by Gasteiger charge is -2.13. The molecule has 3 heteroatoms. The van der Waals surface area contributed by atoms with E-state index in [0.29, 0.717) is 6.04 Å². The van der Waals surface area contributed by atoms with Crippen LogP contribution in [-0.2, 0) is 0 Å². The van der Waals surface area contributed by atoms with Crippen molar-refractivity contribution in [2.45, 2.75) is 26.8 Å². The van der Waals surface area contributed by atoms with Crippen LogP contribution in [0, 0.1) is 26.2 Å². The molecule has 1 aromatic heterocycles. The lowest BCUT2D eigenvalue weighted by molar-refractivity contribution is 0.600. The fraction of sp³-hybridized carbons (Fsp3) is 0.538. The Labute approximate surface area is 107 Å². The first-order valence-corrected chi connectivity index (χ1v) is 7.43. The van der Waals surface area contributed by atoms with Crippen LogP contribution in [0.2, 0.25) is 0 Å². The van der Waals surface area contributed by atoms with Crippen LogP contribution in [0.1, 0.15) is 28.3 Å². The van der Waals surface area contributed by atoms with E-state index >= 15 is 0 Å². The van der Waals surface area contributed by atoms with E-state index < -0.39 is 0 Å². The van der Waals surface area contributed by atoms with Crippen LogP contribution < -0.4 is 5.32 Å². The SMILES string of the molecule is C#CCSCCNC(C)c1cc(C)sc1C. The average Bonchev–Trinajstić information content (AvgIpc) is 2.57. The number of thiophene rings is 1. The maximum Gasteiger partial charge on any atom is 0.0545 e. The van der Waals surface area contributed by atoms with Crippen LogP contribution in [0.3, 0.4) is 0 Å². The van der Waals surface area contributed by atoms with E-state index in [9.17, 15) is 0 Å². The molecule has 0 saturated carbocycles. The third-order valence-corrected chi connectivity index (χ3v) is 4.27. The first-order chi connectivity index (χ1) is 7.65. The minimum absolute atomic E-state index is 0.441. The standard InChI is InChI=1S/C13H19NS2/c1-5-7-15-8-6-14-11(3)13-9-10(2)16-12(13)4/h1,9,11,14H,6-8H2,2-4H3. The van der Waals surface area contributed by atoms with Gasteiger partial charge in [0.2, 0.25) is 0 Å². The van der Waals surface area contributed by atoms with Gasteiger partial charge in [-0.15, -0.1) is 29.5 Å². The molecule has 1 rings (SSSR count). The quantitative estimate of drug-likeness (QED) is 0.616. The Balaban J connectivity index is 2.33. The van der Waals surface area contributed by atoms with Gasteiger partial charge in [-0.1, -0.05) is 5.92 Å². The number of aryl methyl sites for hydroxylation is 2. The highest BCUT2D eigenvalue weighted by Gasteiger charge is 2.09. The van der Waals surface area contributed by atoms with Crippen molar-refractivity contribution in [3.63, 3.8) is 0 Å². The topological polar surface area (TPSA) is 12.0 Å². The lowest BCUT2D eigenvalue weighted by atomic mass is 10.1. The van der Waals surface area contributed by atoms with E-state index in [2.05, 4.69) is 38.1 Å². The summed E-state index contributed by atoms with van der Waals surface area (Å²) in [6.45, 7) is 7.59. The molecule has 0 aromatic carbocycles. The summed E-state index contributed by atoms with van der Waals surface area (Å²) < 4.78 is 0. The number of terminal acetylenes is 1. The van der Waals surface area contributed by atoms with E-state index in [1.807, 2.05) is 11.3 Å². The van der Waals surface area contributed by atoms with Gasteiger partial charge < -0.3 is 5.32 Å². The fourth-order valence-electron chi connectivity index (χ4n) is 1.67. The molecule has 1 atom stereocenters. The molecule has 0 amide bonds. The van der Waals surface area contributed by atoms with Crippen LogP contribution in [0.4, 0.5) is 0 Å². The smallest absolute Gasteiger partial charge is 0.0545 e. The third-order valence-electron chi connectivity index (χ3n) is 2.43. The van der Waals surface area contributed by atoms with Crippen molar-refractivity contribution >= 4 is 23.1 Å². The Kier molecular flexibility index (Phi) is 5.97. The third kappa shape index (κ3) is 4.21. The largest absolute Gasteiger partial charge is 0.309 e. The molecule has 16 heavy (non-hydrogen) atoms. The molecule has 0 bridgehead atoms. The van der Waals surface area contributed by atoms with Gasteiger partial charge in [0, 0.05) is 28.1 Å². The van der Waals surface area contributed by atoms with Gasteiger partial charge in [0.05, 0.1) is 5.75 Å². The van der Waals surface area contributed by atoms with Crippen molar-refractivity contribution in [2.24, 2.45) is 0 Å². The predicted molar refractivity (Wildman–Crippen MR) is 76.4 cm³/mol. The summed E-state index contributed by atoms with van der Waals surface area (Å²) in [7, 11) is 0. The van der Waals surface area contributed by atoms with E-state index in [-0.39, 0.29) is 0 Å². The van der Waals surface area contributed by atoms with Gasteiger partial charge in [0.25, 0.3) is 0 Å². The molecule has 1 heterocycles. The first kappa shape index (κ1) is 13.6. The van der Waals surface area contributed by atoms with Crippen molar-refractivity contribution < 1.29 is 0 Å². The van der Waals surface area contributed by atoms with Gasteiger partial charge in [-0.3, -0.25) is 0 Å². The summed E-state index contributed by atoms with van der Waals surface area (Å²) in [5, 5.41) is 3.53.